The maximum absolute atomic E-state index is 14.0. The van der Waals surface area contributed by atoms with Gasteiger partial charge < -0.3 is 9.73 Å². The Morgan fingerprint density at radius 1 is 1.31 bits per heavy atom. The van der Waals surface area contributed by atoms with Crippen LogP contribution in [0, 0.1) is 5.82 Å². The summed E-state index contributed by atoms with van der Waals surface area (Å²) in [7, 11) is -7.38. The van der Waals surface area contributed by atoms with Gasteiger partial charge in [0.15, 0.2) is 19.7 Å². The summed E-state index contributed by atoms with van der Waals surface area (Å²) in [6, 6.07) is 6.12. The molecule has 0 aliphatic carbocycles. The van der Waals surface area contributed by atoms with Crippen molar-refractivity contribution in [3.8, 4) is 0 Å². The molecule has 1 aliphatic heterocycles. The van der Waals surface area contributed by atoms with Crippen molar-refractivity contribution >= 4 is 25.6 Å². The number of hydrogen-bond acceptors (Lipinski definition) is 6. The first-order valence-corrected chi connectivity index (χ1v) is 11.1. The lowest BCUT2D eigenvalue weighted by molar-refractivity contribution is 0.0943. The molecule has 0 bridgehead atoms. The molecule has 0 spiro atoms. The summed E-state index contributed by atoms with van der Waals surface area (Å²) in [5.41, 5.74) is -0.432. The van der Waals surface area contributed by atoms with E-state index in [4.69, 9.17) is 4.42 Å². The van der Waals surface area contributed by atoms with E-state index in [9.17, 15) is 26.0 Å². The van der Waals surface area contributed by atoms with Gasteiger partial charge in [-0.05, 0) is 36.8 Å². The topological polar surface area (TPSA) is 111 Å². The van der Waals surface area contributed by atoms with Crippen LogP contribution in [0.2, 0.25) is 0 Å². The molecule has 1 aliphatic rings. The Morgan fingerprint density at radius 2 is 2.08 bits per heavy atom. The van der Waals surface area contributed by atoms with Crippen LogP contribution in [-0.4, -0.2) is 39.5 Å². The van der Waals surface area contributed by atoms with Gasteiger partial charge in [0, 0.05) is 0 Å². The van der Waals surface area contributed by atoms with Crippen molar-refractivity contribution in [1.29, 1.82) is 0 Å². The summed E-state index contributed by atoms with van der Waals surface area (Å²) >= 11 is 0. The first kappa shape index (κ1) is 18.6. The molecule has 10 heteroatoms. The van der Waals surface area contributed by atoms with Gasteiger partial charge in [0.1, 0.15) is 11.6 Å². The Kier molecular flexibility index (Phi) is 4.89. The van der Waals surface area contributed by atoms with E-state index in [1.807, 2.05) is 0 Å². The third-order valence-electron chi connectivity index (χ3n) is 4.14. The van der Waals surface area contributed by atoms with E-state index < -0.39 is 48.0 Å². The molecule has 140 valence electrons. The molecule has 0 saturated carbocycles. The Morgan fingerprint density at radius 3 is 2.69 bits per heavy atom. The molecule has 1 atom stereocenters. The highest BCUT2D eigenvalue weighted by Gasteiger charge is 2.38. The van der Waals surface area contributed by atoms with Crippen molar-refractivity contribution in [2.75, 3.05) is 11.5 Å². The number of sulfone groups is 2. The maximum atomic E-state index is 14.0. The van der Waals surface area contributed by atoms with E-state index in [-0.39, 0.29) is 23.6 Å². The average molecular weight is 401 g/mol. The Hall–Kier alpha value is -2.20. The number of benzene rings is 1. The number of carbonyl (C=O) groups is 1. The van der Waals surface area contributed by atoms with E-state index in [2.05, 4.69) is 5.32 Å². The fraction of sp³-hybridized carbons (Fsp3) is 0.312. The molecule has 2 heterocycles. The molecule has 3 rings (SSSR count). The van der Waals surface area contributed by atoms with Crippen LogP contribution < -0.4 is 5.32 Å². The minimum Gasteiger partial charge on any atom is -0.467 e. The summed E-state index contributed by atoms with van der Waals surface area (Å²) in [5, 5.41) is 1.35. The first-order chi connectivity index (χ1) is 12.2. The van der Waals surface area contributed by atoms with Crippen LogP contribution in [-0.2, 0) is 26.2 Å². The minimum atomic E-state index is -3.99. The van der Waals surface area contributed by atoms with Gasteiger partial charge in [0.2, 0.25) is 0 Å². The van der Waals surface area contributed by atoms with Gasteiger partial charge in [-0.25, -0.2) is 21.2 Å². The summed E-state index contributed by atoms with van der Waals surface area (Å²) in [5.74, 6) is -1.88. The van der Waals surface area contributed by atoms with Crippen molar-refractivity contribution in [2.45, 2.75) is 23.1 Å². The average Bonchev–Trinajstić information content (AvgIpc) is 3.22. The fourth-order valence-corrected chi connectivity index (χ4v) is 7.11. The number of furan rings is 1. The molecule has 1 fully saturated rings. The van der Waals surface area contributed by atoms with Gasteiger partial charge in [0.25, 0.3) is 5.91 Å². The van der Waals surface area contributed by atoms with E-state index >= 15 is 0 Å². The van der Waals surface area contributed by atoms with Crippen LogP contribution in [0.1, 0.15) is 22.5 Å². The molecule has 1 aromatic carbocycles. The number of nitrogens with one attached hydrogen (secondary N) is 1. The lowest BCUT2D eigenvalue weighted by Crippen LogP contribution is -2.26. The van der Waals surface area contributed by atoms with Gasteiger partial charge >= 0.3 is 0 Å². The maximum Gasteiger partial charge on any atom is 0.254 e. The van der Waals surface area contributed by atoms with Crippen molar-refractivity contribution in [3.63, 3.8) is 0 Å². The molecule has 1 aromatic heterocycles. The summed E-state index contributed by atoms with van der Waals surface area (Å²) in [4.78, 5) is 11.9. The second-order valence-corrected chi connectivity index (χ2v) is 10.4. The second-order valence-electron chi connectivity index (χ2n) is 5.97. The van der Waals surface area contributed by atoms with Gasteiger partial charge in [-0.15, -0.1) is 0 Å². The Labute approximate surface area is 150 Å². The first-order valence-electron chi connectivity index (χ1n) is 7.73. The predicted molar refractivity (Wildman–Crippen MR) is 90.5 cm³/mol. The number of rotatable bonds is 5. The standard InChI is InChI=1S/C16H16FNO6S2/c17-15-4-3-12(26(22,23)13-5-7-25(20,21)10-13)8-14(15)16(19)18-9-11-2-1-6-24-11/h1-4,6,8,13H,5,7,9-10H2,(H,18,19)/t13-/m1/s1. The van der Waals surface area contributed by atoms with Crippen LogP contribution in [0.4, 0.5) is 4.39 Å². The molecule has 26 heavy (non-hydrogen) atoms. The van der Waals surface area contributed by atoms with E-state index in [1.165, 1.54) is 6.26 Å². The number of halogens is 1. The molecular formula is C16H16FNO6S2. The van der Waals surface area contributed by atoms with Crippen molar-refractivity contribution in [1.82, 2.24) is 5.32 Å². The molecule has 1 amide bonds. The monoisotopic (exact) mass is 401 g/mol. The number of carbonyl (C=O) groups excluding carboxylic acids is 1. The third-order valence-corrected chi connectivity index (χ3v) is 8.31. The largest absolute Gasteiger partial charge is 0.467 e. The zero-order chi connectivity index (χ0) is 18.9. The van der Waals surface area contributed by atoms with Gasteiger partial charge in [-0.2, -0.15) is 0 Å². The smallest absolute Gasteiger partial charge is 0.254 e. The summed E-state index contributed by atoms with van der Waals surface area (Å²) in [6.07, 6.45) is 1.41. The van der Waals surface area contributed by atoms with Crippen LogP contribution in [0.25, 0.3) is 0 Å². The van der Waals surface area contributed by atoms with Crippen molar-refractivity contribution < 1.29 is 30.4 Å². The van der Waals surface area contributed by atoms with Gasteiger partial charge in [-0.3, -0.25) is 4.79 Å². The van der Waals surface area contributed by atoms with Crippen molar-refractivity contribution in [3.05, 3.63) is 53.7 Å². The molecule has 1 N–H and O–H groups in total. The molecular weight excluding hydrogens is 385 g/mol. The van der Waals surface area contributed by atoms with Crippen LogP contribution in [0.5, 0.6) is 0 Å². The normalized spacial score (nSPS) is 19.3. The molecule has 7 nitrogen and oxygen atoms in total. The lowest BCUT2D eigenvalue weighted by Gasteiger charge is -2.12. The second kappa shape index (κ2) is 6.84. The lowest BCUT2D eigenvalue weighted by atomic mass is 10.2. The number of amides is 1. The molecule has 1 saturated heterocycles. The highest BCUT2D eigenvalue weighted by atomic mass is 32.2. The molecule has 0 radical (unpaired) electrons. The minimum absolute atomic E-state index is 0.0118. The van der Waals surface area contributed by atoms with E-state index in [0.717, 1.165) is 18.2 Å². The zero-order valence-corrected chi connectivity index (χ0v) is 15.1. The van der Waals surface area contributed by atoms with Crippen molar-refractivity contribution in [2.24, 2.45) is 0 Å². The predicted octanol–water partition coefficient (Wildman–Crippen LogP) is 1.31. The summed E-state index contributed by atoms with van der Waals surface area (Å²) in [6.45, 7) is 0.0170. The third kappa shape index (κ3) is 3.80. The van der Waals surface area contributed by atoms with Crippen LogP contribution >= 0.6 is 0 Å². The Balaban J connectivity index is 1.84. The molecule has 0 unspecified atom stereocenters. The quantitative estimate of drug-likeness (QED) is 0.757. The van der Waals surface area contributed by atoms with Crippen LogP contribution in [0.15, 0.2) is 45.9 Å². The summed E-state index contributed by atoms with van der Waals surface area (Å²) < 4.78 is 67.4. The highest BCUT2D eigenvalue weighted by molar-refractivity contribution is 7.96. The SMILES string of the molecule is O=C(NCc1ccco1)c1cc(S(=O)(=O)[C@@H]2CCS(=O)(=O)C2)ccc1F. The van der Waals surface area contributed by atoms with E-state index in [0.29, 0.717) is 5.76 Å². The van der Waals surface area contributed by atoms with E-state index in [1.54, 1.807) is 12.1 Å². The molecule has 2 aromatic rings. The number of hydrogen-bond donors (Lipinski definition) is 1. The Bertz CT molecular complexity index is 1030. The van der Waals surface area contributed by atoms with Crippen LogP contribution in [0.3, 0.4) is 0 Å². The van der Waals surface area contributed by atoms with Gasteiger partial charge in [-0.1, -0.05) is 0 Å². The van der Waals surface area contributed by atoms with Gasteiger partial charge in [0.05, 0.1) is 40.0 Å². The zero-order valence-electron chi connectivity index (χ0n) is 13.5. The fourth-order valence-electron chi connectivity index (χ4n) is 2.73. The highest BCUT2D eigenvalue weighted by Crippen LogP contribution is 2.26.